The summed E-state index contributed by atoms with van der Waals surface area (Å²) in [4.78, 5) is 58.4. The number of amides is 3. The number of fused-ring (bicyclic) bond motifs is 1. The first-order chi connectivity index (χ1) is 22.0. The topological polar surface area (TPSA) is 147 Å². The predicted octanol–water partition coefficient (Wildman–Crippen LogP) is 4.83. The van der Waals surface area contributed by atoms with E-state index >= 15 is 0 Å². The summed E-state index contributed by atoms with van der Waals surface area (Å²) < 4.78 is 52.8. The molecule has 1 aromatic heterocycles. The summed E-state index contributed by atoms with van der Waals surface area (Å²) in [6.07, 6.45) is -0.640. The number of carboxylic acid groups (broad SMARTS) is 1. The van der Waals surface area contributed by atoms with Crippen LogP contribution < -0.4 is 15.4 Å². The lowest BCUT2D eigenvalue weighted by Crippen LogP contribution is -2.59. The molecule has 3 fully saturated rings. The fourth-order valence-corrected chi connectivity index (χ4v) is 6.50. The molecule has 11 nitrogen and oxygen atoms in total. The number of carbonyl (C=O) groups excluding carboxylic acids is 3. The summed E-state index contributed by atoms with van der Waals surface area (Å²) in [7, 11) is 0. The maximum atomic E-state index is 14.2. The molecule has 0 bridgehead atoms. The number of carbonyl (C=O) groups is 4. The Morgan fingerprint density at radius 1 is 1.11 bits per heavy atom. The third kappa shape index (κ3) is 7.01. The van der Waals surface area contributed by atoms with Gasteiger partial charge >= 0.3 is 18.2 Å². The number of aromatic nitrogens is 1. The number of halogens is 3. The maximum Gasteiger partial charge on any atom is 0.417 e. The fraction of sp³-hybridized carbons (Fsp3) is 0.545. The lowest BCUT2D eigenvalue weighted by molar-refractivity contribution is -0.146. The molecule has 3 N–H and O–H groups in total. The molecule has 5 rings (SSSR count). The lowest BCUT2D eigenvalue weighted by atomic mass is 9.85. The van der Waals surface area contributed by atoms with Crippen molar-refractivity contribution < 1.29 is 46.9 Å². The Kier molecular flexibility index (Phi) is 9.17. The normalized spacial score (nSPS) is 25.2. The second kappa shape index (κ2) is 12.7. The molecule has 3 amide bonds. The number of pyridine rings is 1. The number of benzene rings is 1. The minimum Gasteiger partial charge on any atom is -0.479 e. The highest BCUT2D eigenvalue weighted by molar-refractivity contribution is 5.96. The number of nitrogens with one attached hydrogen (secondary N) is 2. The van der Waals surface area contributed by atoms with Crippen LogP contribution >= 0.6 is 0 Å². The van der Waals surface area contributed by atoms with Crippen molar-refractivity contribution in [2.45, 2.75) is 95.3 Å². The molecule has 1 aliphatic heterocycles. The molecule has 254 valence electrons. The molecular formula is C33H39F3N4O7. The summed E-state index contributed by atoms with van der Waals surface area (Å²) in [6.45, 7) is 8.66. The van der Waals surface area contributed by atoms with E-state index in [0.29, 0.717) is 0 Å². The van der Waals surface area contributed by atoms with Gasteiger partial charge in [0.15, 0.2) is 0 Å². The SMILES string of the molecule is C=C[C@@H]1C[C@]1(NC(=O)[C@@H]1C[C@@H](Oc2nccc3c(C(F)(F)F)cccc23)CN1C(=O)[C@@H](NC(=O)OC1CCCC1)C(C)(C)C)C(=O)O. The van der Waals surface area contributed by atoms with Crippen molar-refractivity contribution in [3.8, 4) is 5.88 Å². The number of carboxylic acids is 1. The van der Waals surface area contributed by atoms with Crippen LogP contribution in [0.5, 0.6) is 5.88 Å². The summed E-state index contributed by atoms with van der Waals surface area (Å²) in [5, 5.41) is 15.1. The Morgan fingerprint density at radius 2 is 1.81 bits per heavy atom. The van der Waals surface area contributed by atoms with E-state index in [2.05, 4.69) is 22.2 Å². The molecule has 0 unspecified atom stereocenters. The molecule has 1 aromatic carbocycles. The zero-order valence-electron chi connectivity index (χ0n) is 26.4. The molecule has 0 radical (unpaired) electrons. The van der Waals surface area contributed by atoms with Crippen molar-refractivity contribution in [2.75, 3.05) is 6.54 Å². The molecule has 2 saturated carbocycles. The minimum absolute atomic E-state index is 0.0913. The van der Waals surface area contributed by atoms with Crippen LogP contribution in [0.4, 0.5) is 18.0 Å². The zero-order chi connectivity index (χ0) is 34.3. The molecular weight excluding hydrogens is 621 g/mol. The number of ether oxygens (including phenoxy) is 2. The van der Waals surface area contributed by atoms with E-state index in [-0.39, 0.29) is 42.1 Å². The number of nitrogens with zero attached hydrogens (tertiary/aromatic N) is 2. The number of rotatable bonds is 9. The highest BCUT2D eigenvalue weighted by atomic mass is 19.4. The third-order valence-corrected chi connectivity index (χ3v) is 9.18. The van der Waals surface area contributed by atoms with Gasteiger partial charge in [-0.3, -0.25) is 9.59 Å². The van der Waals surface area contributed by atoms with Crippen LogP contribution in [-0.2, 0) is 25.3 Å². The molecule has 2 heterocycles. The van der Waals surface area contributed by atoms with E-state index in [1.807, 2.05) is 0 Å². The van der Waals surface area contributed by atoms with Gasteiger partial charge in [0, 0.05) is 29.3 Å². The monoisotopic (exact) mass is 660 g/mol. The molecule has 0 spiro atoms. The Hall–Kier alpha value is -4.36. The summed E-state index contributed by atoms with van der Waals surface area (Å²) in [5.41, 5.74) is -3.29. The predicted molar refractivity (Wildman–Crippen MR) is 163 cm³/mol. The van der Waals surface area contributed by atoms with Gasteiger partial charge in [0.2, 0.25) is 17.7 Å². The van der Waals surface area contributed by atoms with Crippen LogP contribution in [0.3, 0.4) is 0 Å². The van der Waals surface area contributed by atoms with Crippen molar-refractivity contribution >= 4 is 34.6 Å². The molecule has 2 aromatic rings. The Balaban J connectivity index is 1.44. The second-order valence-corrected chi connectivity index (χ2v) is 13.6. The lowest BCUT2D eigenvalue weighted by Gasteiger charge is -2.35. The van der Waals surface area contributed by atoms with Crippen LogP contribution in [0, 0.1) is 11.3 Å². The van der Waals surface area contributed by atoms with E-state index in [9.17, 15) is 37.5 Å². The van der Waals surface area contributed by atoms with E-state index in [0.717, 1.165) is 31.7 Å². The van der Waals surface area contributed by atoms with Crippen LogP contribution in [0.25, 0.3) is 10.8 Å². The average molecular weight is 661 g/mol. The first-order valence-corrected chi connectivity index (χ1v) is 15.6. The Bertz CT molecular complexity index is 1570. The van der Waals surface area contributed by atoms with E-state index in [1.54, 1.807) is 20.8 Å². The van der Waals surface area contributed by atoms with Crippen molar-refractivity contribution in [3.05, 3.63) is 48.7 Å². The smallest absolute Gasteiger partial charge is 0.417 e. The van der Waals surface area contributed by atoms with Gasteiger partial charge in [-0.15, -0.1) is 6.58 Å². The van der Waals surface area contributed by atoms with E-state index < -0.39 is 70.7 Å². The van der Waals surface area contributed by atoms with Gasteiger partial charge in [0.1, 0.15) is 29.8 Å². The van der Waals surface area contributed by atoms with Crippen molar-refractivity contribution in [2.24, 2.45) is 11.3 Å². The van der Waals surface area contributed by atoms with Crippen LogP contribution in [0.1, 0.15) is 64.9 Å². The summed E-state index contributed by atoms with van der Waals surface area (Å²) >= 11 is 0. The van der Waals surface area contributed by atoms with E-state index in [1.165, 1.54) is 35.4 Å². The number of likely N-dealkylation sites (tertiary alicyclic amines) is 1. The average Bonchev–Trinajstić information content (AvgIpc) is 3.27. The largest absolute Gasteiger partial charge is 0.479 e. The third-order valence-electron chi connectivity index (χ3n) is 9.18. The Labute approximate surface area is 269 Å². The van der Waals surface area contributed by atoms with Gasteiger partial charge in [0.25, 0.3) is 0 Å². The summed E-state index contributed by atoms with van der Waals surface area (Å²) in [6, 6.07) is 2.48. The number of hydrogen-bond acceptors (Lipinski definition) is 7. The molecule has 3 aliphatic rings. The van der Waals surface area contributed by atoms with Gasteiger partial charge in [0.05, 0.1) is 12.1 Å². The quantitative estimate of drug-likeness (QED) is 0.324. The van der Waals surface area contributed by atoms with Gasteiger partial charge < -0.3 is 30.1 Å². The molecule has 5 atom stereocenters. The number of hydrogen-bond donors (Lipinski definition) is 3. The van der Waals surface area contributed by atoms with Crippen molar-refractivity contribution in [3.63, 3.8) is 0 Å². The molecule has 14 heteroatoms. The number of aliphatic carboxylic acids is 1. The highest BCUT2D eigenvalue weighted by Gasteiger charge is 2.61. The maximum absolute atomic E-state index is 14.2. The standard InChI is InChI=1S/C33H39F3N4O7/c1-5-18-16-32(18,29(43)44)39-26(41)24-15-20(46-27-22-11-8-12-23(33(34,35)36)21(22)13-14-37-27)17-40(24)28(42)25(31(2,3)4)38-30(45)47-19-9-6-7-10-19/h5,8,11-14,18-20,24-25H,1,6-7,9-10,15-17H2,2-4H3,(H,38,45)(H,39,41)(H,43,44)/t18-,20-,24+,25-,32-/m1/s1. The molecule has 47 heavy (non-hydrogen) atoms. The molecule has 1 saturated heterocycles. The zero-order valence-corrected chi connectivity index (χ0v) is 26.4. The van der Waals surface area contributed by atoms with Crippen LogP contribution in [-0.4, -0.2) is 75.2 Å². The van der Waals surface area contributed by atoms with Gasteiger partial charge in [-0.2, -0.15) is 13.2 Å². The van der Waals surface area contributed by atoms with Crippen molar-refractivity contribution in [1.29, 1.82) is 0 Å². The van der Waals surface area contributed by atoms with Crippen molar-refractivity contribution in [1.82, 2.24) is 20.5 Å². The van der Waals surface area contributed by atoms with Crippen LogP contribution in [0.2, 0.25) is 0 Å². The molecule has 2 aliphatic carbocycles. The van der Waals surface area contributed by atoms with Gasteiger partial charge in [-0.25, -0.2) is 14.6 Å². The van der Waals surface area contributed by atoms with E-state index in [4.69, 9.17) is 9.47 Å². The second-order valence-electron chi connectivity index (χ2n) is 13.6. The fourth-order valence-electron chi connectivity index (χ4n) is 6.50. The number of alkyl carbamates (subject to hydrolysis) is 1. The first-order valence-electron chi connectivity index (χ1n) is 15.6. The van der Waals surface area contributed by atoms with Crippen LogP contribution in [0.15, 0.2) is 43.1 Å². The summed E-state index contributed by atoms with van der Waals surface area (Å²) in [5.74, 6) is -3.25. The highest BCUT2D eigenvalue weighted by Crippen LogP contribution is 2.45. The van der Waals surface area contributed by atoms with Gasteiger partial charge in [-0.1, -0.05) is 32.9 Å². The minimum atomic E-state index is -4.63. The van der Waals surface area contributed by atoms with Gasteiger partial charge in [-0.05, 0) is 55.7 Å². The Morgan fingerprint density at radius 3 is 2.40 bits per heavy atom. The first kappa shape index (κ1) is 34.0. The number of alkyl halides is 3.